The van der Waals surface area contributed by atoms with Crippen LogP contribution >= 0.6 is 0 Å². The first-order valence-electron chi connectivity index (χ1n) is 7.71. The summed E-state index contributed by atoms with van der Waals surface area (Å²) in [6.45, 7) is 6.56. The molecular formula is C17H28N2O2. The van der Waals surface area contributed by atoms with Gasteiger partial charge >= 0.3 is 0 Å². The third kappa shape index (κ3) is 3.89. The van der Waals surface area contributed by atoms with E-state index < -0.39 is 0 Å². The molecule has 1 heterocycles. The topological polar surface area (TPSA) is 47.7 Å². The van der Waals surface area contributed by atoms with Crippen molar-refractivity contribution in [2.24, 2.45) is 11.7 Å². The third-order valence-corrected chi connectivity index (χ3v) is 4.42. The molecule has 4 nitrogen and oxygen atoms in total. The number of hydrogen-bond acceptors (Lipinski definition) is 4. The van der Waals surface area contributed by atoms with Crippen LogP contribution in [0.5, 0.6) is 11.5 Å². The van der Waals surface area contributed by atoms with Gasteiger partial charge < -0.3 is 15.2 Å². The molecule has 0 bridgehead atoms. The Morgan fingerprint density at radius 1 is 1.33 bits per heavy atom. The smallest absolute Gasteiger partial charge is 0.122 e. The number of likely N-dealkylation sites (tertiary alicyclic amines) is 1. The average Bonchev–Trinajstić information content (AvgIpc) is 2.46. The van der Waals surface area contributed by atoms with Gasteiger partial charge in [0.15, 0.2) is 0 Å². The summed E-state index contributed by atoms with van der Waals surface area (Å²) in [5.41, 5.74) is 7.36. The van der Waals surface area contributed by atoms with Crippen molar-refractivity contribution >= 4 is 0 Å². The molecule has 4 heteroatoms. The summed E-state index contributed by atoms with van der Waals surface area (Å²) >= 11 is 0. The van der Waals surface area contributed by atoms with E-state index in [1.807, 2.05) is 18.2 Å². The molecule has 1 fully saturated rings. The number of piperidine rings is 1. The lowest BCUT2D eigenvalue weighted by molar-refractivity contribution is 0.0623. The lowest BCUT2D eigenvalue weighted by Gasteiger charge is -2.43. The van der Waals surface area contributed by atoms with E-state index in [4.69, 9.17) is 15.2 Å². The van der Waals surface area contributed by atoms with Gasteiger partial charge in [0.1, 0.15) is 11.5 Å². The van der Waals surface area contributed by atoms with Gasteiger partial charge in [-0.3, -0.25) is 4.90 Å². The fourth-order valence-corrected chi connectivity index (χ4v) is 3.17. The molecule has 0 aromatic heterocycles. The van der Waals surface area contributed by atoms with Crippen LogP contribution in [0.2, 0.25) is 0 Å². The van der Waals surface area contributed by atoms with Gasteiger partial charge in [-0.25, -0.2) is 0 Å². The van der Waals surface area contributed by atoms with Crippen LogP contribution in [0.25, 0.3) is 0 Å². The van der Waals surface area contributed by atoms with Crippen LogP contribution < -0.4 is 15.2 Å². The summed E-state index contributed by atoms with van der Waals surface area (Å²) in [5.74, 6) is 2.43. The first-order chi connectivity index (χ1) is 9.96. The van der Waals surface area contributed by atoms with Crippen molar-refractivity contribution in [2.45, 2.75) is 38.8 Å². The summed E-state index contributed by atoms with van der Waals surface area (Å²) in [6, 6.07) is 5.89. The largest absolute Gasteiger partial charge is 0.497 e. The Labute approximate surface area is 128 Å². The van der Waals surface area contributed by atoms with Crippen LogP contribution in [0.3, 0.4) is 0 Å². The van der Waals surface area contributed by atoms with Crippen molar-refractivity contribution in [3.05, 3.63) is 23.8 Å². The van der Waals surface area contributed by atoms with Crippen LogP contribution in [0.1, 0.15) is 32.3 Å². The minimum absolute atomic E-state index is 0.367. The molecule has 0 radical (unpaired) electrons. The molecule has 1 aromatic carbocycles. The molecule has 2 unspecified atom stereocenters. The zero-order chi connectivity index (χ0) is 15.5. The van der Waals surface area contributed by atoms with Crippen molar-refractivity contribution in [1.29, 1.82) is 0 Å². The normalized spacial score (nSPS) is 22.6. The molecule has 1 saturated heterocycles. The monoisotopic (exact) mass is 292 g/mol. The highest BCUT2D eigenvalue weighted by atomic mass is 16.5. The molecule has 1 aliphatic rings. The number of ether oxygens (including phenoxy) is 2. The number of rotatable bonds is 5. The molecule has 0 saturated carbocycles. The standard InChI is InChI=1S/C17H28N2O2/c1-13-6-5-9-19(12-13)17(2,18)11-14-10-15(20-3)7-8-16(14)21-4/h7-8,10,13H,5-6,9,11-12,18H2,1-4H3. The predicted molar refractivity (Wildman–Crippen MR) is 85.8 cm³/mol. The number of methoxy groups -OCH3 is 2. The highest BCUT2D eigenvalue weighted by Crippen LogP contribution is 2.29. The molecule has 1 aliphatic heterocycles. The van der Waals surface area contributed by atoms with Crippen LogP contribution in [0, 0.1) is 5.92 Å². The maximum Gasteiger partial charge on any atom is 0.122 e. The summed E-state index contributed by atoms with van der Waals surface area (Å²) in [6.07, 6.45) is 3.28. The molecule has 0 aliphatic carbocycles. The van der Waals surface area contributed by atoms with E-state index in [1.165, 1.54) is 12.8 Å². The number of nitrogens with zero attached hydrogens (tertiary/aromatic N) is 1. The van der Waals surface area contributed by atoms with Crippen LogP contribution in [-0.2, 0) is 6.42 Å². The highest BCUT2D eigenvalue weighted by molar-refractivity contribution is 5.41. The molecule has 2 N–H and O–H groups in total. The first kappa shape index (κ1) is 16.1. The minimum atomic E-state index is -0.367. The van der Waals surface area contributed by atoms with Gasteiger partial charge in [0.05, 0.1) is 19.9 Å². The fourth-order valence-electron chi connectivity index (χ4n) is 3.17. The number of hydrogen-bond donors (Lipinski definition) is 1. The van der Waals surface area contributed by atoms with Gasteiger partial charge in [-0.1, -0.05) is 6.92 Å². The van der Waals surface area contributed by atoms with Gasteiger partial charge in [-0.2, -0.15) is 0 Å². The lowest BCUT2D eigenvalue weighted by Crippen LogP contribution is -2.58. The van der Waals surface area contributed by atoms with E-state index in [9.17, 15) is 0 Å². The van der Waals surface area contributed by atoms with Crippen LogP contribution in [-0.4, -0.2) is 37.9 Å². The molecule has 2 atom stereocenters. The van der Waals surface area contributed by atoms with Gasteiger partial charge in [0.25, 0.3) is 0 Å². The summed E-state index contributed by atoms with van der Waals surface area (Å²) in [5, 5.41) is 0. The highest BCUT2D eigenvalue weighted by Gasteiger charge is 2.31. The molecule has 21 heavy (non-hydrogen) atoms. The summed E-state index contributed by atoms with van der Waals surface area (Å²) < 4.78 is 10.8. The van der Waals surface area contributed by atoms with E-state index in [-0.39, 0.29) is 5.66 Å². The maximum atomic E-state index is 6.63. The zero-order valence-electron chi connectivity index (χ0n) is 13.7. The van der Waals surface area contributed by atoms with Crippen molar-refractivity contribution in [3.63, 3.8) is 0 Å². The van der Waals surface area contributed by atoms with Crippen molar-refractivity contribution < 1.29 is 9.47 Å². The SMILES string of the molecule is COc1ccc(OC)c(CC(C)(N)N2CCCC(C)C2)c1. The number of nitrogens with two attached hydrogens (primary N) is 1. The van der Waals surface area contributed by atoms with Crippen molar-refractivity contribution in [2.75, 3.05) is 27.3 Å². The Hall–Kier alpha value is -1.26. The van der Waals surface area contributed by atoms with E-state index in [0.717, 1.165) is 36.6 Å². The summed E-state index contributed by atoms with van der Waals surface area (Å²) in [4.78, 5) is 2.40. The Kier molecular flexibility index (Phi) is 5.12. The van der Waals surface area contributed by atoms with Gasteiger partial charge in [-0.05, 0) is 50.4 Å². The molecule has 1 aromatic rings. The lowest BCUT2D eigenvalue weighted by atomic mass is 9.93. The van der Waals surface area contributed by atoms with E-state index in [1.54, 1.807) is 14.2 Å². The Morgan fingerprint density at radius 3 is 2.71 bits per heavy atom. The van der Waals surface area contributed by atoms with Gasteiger partial charge in [0.2, 0.25) is 0 Å². The second-order valence-electron chi connectivity index (χ2n) is 6.41. The van der Waals surface area contributed by atoms with E-state index >= 15 is 0 Å². The second kappa shape index (κ2) is 6.67. The molecule has 0 spiro atoms. The summed E-state index contributed by atoms with van der Waals surface area (Å²) in [7, 11) is 3.38. The van der Waals surface area contributed by atoms with Crippen molar-refractivity contribution in [1.82, 2.24) is 4.90 Å². The fraction of sp³-hybridized carbons (Fsp3) is 0.647. The molecule has 118 valence electrons. The third-order valence-electron chi connectivity index (χ3n) is 4.42. The van der Waals surface area contributed by atoms with Gasteiger partial charge in [-0.15, -0.1) is 0 Å². The van der Waals surface area contributed by atoms with Gasteiger partial charge in [0, 0.05) is 18.5 Å². The van der Waals surface area contributed by atoms with Crippen LogP contribution in [0.15, 0.2) is 18.2 Å². The minimum Gasteiger partial charge on any atom is -0.497 e. The first-order valence-corrected chi connectivity index (χ1v) is 7.71. The number of benzene rings is 1. The average molecular weight is 292 g/mol. The van der Waals surface area contributed by atoms with E-state index in [2.05, 4.69) is 18.7 Å². The zero-order valence-corrected chi connectivity index (χ0v) is 13.7. The quantitative estimate of drug-likeness (QED) is 0.906. The predicted octanol–water partition coefficient (Wildman–Crippen LogP) is 2.65. The Morgan fingerprint density at radius 2 is 2.10 bits per heavy atom. The maximum absolute atomic E-state index is 6.63. The molecular weight excluding hydrogens is 264 g/mol. The van der Waals surface area contributed by atoms with Crippen molar-refractivity contribution in [3.8, 4) is 11.5 Å². The van der Waals surface area contributed by atoms with E-state index in [0.29, 0.717) is 5.92 Å². The Bertz CT molecular complexity index is 474. The molecule has 2 rings (SSSR count). The molecule has 0 amide bonds. The second-order valence-corrected chi connectivity index (χ2v) is 6.41. The van der Waals surface area contributed by atoms with Crippen LogP contribution in [0.4, 0.5) is 0 Å². The Balaban J connectivity index is 2.18.